The van der Waals surface area contributed by atoms with Gasteiger partial charge < -0.3 is 9.47 Å². The number of ether oxygens (including phenoxy) is 2. The molecule has 1 saturated carbocycles. The Balaban J connectivity index is 2.28. The van der Waals surface area contributed by atoms with E-state index >= 15 is 0 Å². The summed E-state index contributed by atoms with van der Waals surface area (Å²) in [5.74, 6) is 0.782. The summed E-state index contributed by atoms with van der Waals surface area (Å²) in [5, 5.41) is 0. The normalized spacial score (nSPS) is 17.4. The second-order valence-corrected chi connectivity index (χ2v) is 5.66. The first-order chi connectivity index (χ1) is 10.2. The molecule has 1 aromatic carbocycles. The summed E-state index contributed by atoms with van der Waals surface area (Å²) in [5.41, 5.74) is 0.0277. The number of hydrogen-bond acceptors (Lipinski definition) is 3. The Morgan fingerprint density at radius 1 is 1.14 bits per heavy atom. The minimum absolute atomic E-state index is 0.0933. The summed E-state index contributed by atoms with van der Waals surface area (Å²) in [6.45, 7) is 5.23. The molecular formula is C18H26O3. The Hall–Kier alpha value is -1.35. The van der Waals surface area contributed by atoms with Gasteiger partial charge in [-0.1, -0.05) is 38.3 Å². The molecule has 21 heavy (non-hydrogen) atoms. The topological polar surface area (TPSA) is 35.5 Å². The molecule has 1 aliphatic carbocycles. The molecule has 3 heteroatoms. The van der Waals surface area contributed by atoms with Crippen molar-refractivity contribution in [2.24, 2.45) is 0 Å². The van der Waals surface area contributed by atoms with Gasteiger partial charge in [0.2, 0.25) is 0 Å². The average molecular weight is 290 g/mol. The molecule has 3 nitrogen and oxygen atoms in total. The number of ketones is 1. The maximum Gasteiger partial charge on any atom is 0.198 e. The average Bonchev–Trinajstić information content (AvgIpc) is 2.53. The van der Waals surface area contributed by atoms with Gasteiger partial charge in [-0.15, -0.1) is 0 Å². The smallest absolute Gasteiger partial charge is 0.198 e. The van der Waals surface area contributed by atoms with Crippen molar-refractivity contribution in [2.75, 3.05) is 13.2 Å². The minimum atomic E-state index is -0.640. The van der Waals surface area contributed by atoms with Crippen LogP contribution in [-0.2, 0) is 4.74 Å². The van der Waals surface area contributed by atoms with Crippen LogP contribution in [0.2, 0.25) is 0 Å². The summed E-state index contributed by atoms with van der Waals surface area (Å²) >= 11 is 0. The van der Waals surface area contributed by atoms with Crippen molar-refractivity contribution in [2.45, 2.75) is 58.0 Å². The van der Waals surface area contributed by atoms with Gasteiger partial charge in [0.25, 0.3) is 0 Å². The van der Waals surface area contributed by atoms with Crippen LogP contribution in [0.1, 0.15) is 62.7 Å². The molecule has 0 saturated heterocycles. The molecule has 1 aliphatic rings. The Morgan fingerprint density at radius 3 is 2.52 bits per heavy atom. The van der Waals surface area contributed by atoms with Crippen molar-refractivity contribution in [3.63, 3.8) is 0 Å². The summed E-state index contributed by atoms with van der Waals surface area (Å²) in [6.07, 6.45) is 5.88. The standard InChI is InChI=1S/C18H26O3/c1-3-14-20-16-11-7-6-10-15(16)17(19)18(21-4-2)12-8-5-9-13-18/h6-7,10-11H,3-5,8-9,12-14H2,1-2H3. The Bertz CT molecular complexity index is 456. The van der Waals surface area contributed by atoms with Crippen LogP contribution in [0.3, 0.4) is 0 Å². The van der Waals surface area contributed by atoms with Gasteiger partial charge in [0.1, 0.15) is 11.4 Å². The Morgan fingerprint density at radius 2 is 1.86 bits per heavy atom. The highest BCUT2D eigenvalue weighted by molar-refractivity contribution is 6.04. The maximum atomic E-state index is 13.1. The Kier molecular flexibility index (Phi) is 5.80. The molecule has 116 valence electrons. The lowest BCUT2D eigenvalue weighted by Gasteiger charge is -2.35. The first-order valence-corrected chi connectivity index (χ1v) is 8.14. The highest BCUT2D eigenvalue weighted by Gasteiger charge is 2.41. The van der Waals surface area contributed by atoms with E-state index in [0.717, 1.165) is 32.1 Å². The molecular weight excluding hydrogens is 264 g/mol. The molecule has 0 amide bonds. The predicted octanol–water partition coefficient (Wildman–Crippen LogP) is 4.40. The SMILES string of the molecule is CCCOc1ccccc1C(=O)C1(OCC)CCCCC1. The van der Waals surface area contributed by atoms with Crippen LogP contribution >= 0.6 is 0 Å². The number of para-hydroxylation sites is 1. The molecule has 0 heterocycles. The van der Waals surface area contributed by atoms with Gasteiger partial charge in [-0.05, 0) is 38.3 Å². The summed E-state index contributed by atoms with van der Waals surface area (Å²) in [4.78, 5) is 13.1. The zero-order chi connectivity index (χ0) is 15.1. The Labute approximate surface area is 127 Å². The van der Waals surface area contributed by atoms with Gasteiger partial charge in [0.15, 0.2) is 5.78 Å². The van der Waals surface area contributed by atoms with Crippen molar-refractivity contribution >= 4 is 5.78 Å². The molecule has 0 aliphatic heterocycles. The number of carbonyl (C=O) groups is 1. The van der Waals surface area contributed by atoms with Crippen LogP contribution < -0.4 is 4.74 Å². The molecule has 0 atom stereocenters. The zero-order valence-corrected chi connectivity index (χ0v) is 13.2. The summed E-state index contributed by atoms with van der Waals surface area (Å²) in [6, 6.07) is 7.55. The van der Waals surface area contributed by atoms with Gasteiger partial charge in [-0.3, -0.25) is 4.79 Å². The molecule has 0 bridgehead atoms. The van der Waals surface area contributed by atoms with E-state index in [4.69, 9.17) is 9.47 Å². The highest BCUT2D eigenvalue weighted by Crippen LogP contribution is 2.36. The largest absolute Gasteiger partial charge is 0.493 e. The van der Waals surface area contributed by atoms with E-state index in [1.807, 2.05) is 31.2 Å². The number of carbonyl (C=O) groups excluding carboxylic acids is 1. The third kappa shape index (κ3) is 3.65. The minimum Gasteiger partial charge on any atom is -0.493 e. The van der Waals surface area contributed by atoms with Crippen molar-refractivity contribution in [1.82, 2.24) is 0 Å². The zero-order valence-electron chi connectivity index (χ0n) is 13.2. The van der Waals surface area contributed by atoms with Crippen LogP contribution in [0.5, 0.6) is 5.75 Å². The molecule has 0 aromatic heterocycles. The number of Topliss-reactive ketones (excluding diaryl/α,β-unsaturated/α-hetero) is 1. The monoisotopic (exact) mass is 290 g/mol. The second kappa shape index (κ2) is 7.60. The van der Waals surface area contributed by atoms with Gasteiger partial charge in [0, 0.05) is 6.61 Å². The van der Waals surface area contributed by atoms with E-state index in [1.165, 1.54) is 6.42 Å². The fraction of sp³-hybridized carbons (Fsp3) is 0.611. The van der Waals surface area contributed by atoms with Crippen LogP contribution in [0, 0.1) is 0 Å². The second-order valence-electron chi connectivity index (χ2n) is 5.66. The molecule has 0 N–H and O–H groups in total. The summed E-state index contributed by atoms with van der Waals surface area (Å²) in [7, 11) is 0. The van der Waals surface area contributed by atoms with E-state index in [2.05, 4.69) is 6.92 Å². The quantitative estimate of drug-likeness (QED) is 0.698. The van der Waals surface area contributed by atoms with E-state index in [1.54, 1.807) is 0 Å². The van der Waals surface area contributed by atoms with Gasteiger partial charge in [-0.2, -0.15) is 0 Å². The lowest BCUT2D eigenvalue weighted by atomic mass is 9.79. The molecule has 2 rings (SSSR count). The van der Waals surface area contributed by atoms with Crippen LogP contribution in [0.15, 0.2) is 24.3 Å². The van der Waals surface area contributed by atoms with Gasteiger partial charge in [-0.25, -0.2) is 0 Å². The third-order valence-corrected chi connectivity index (χ3v) is 4.09. The van der Waals surface area contributed by atoms with Crippen LogP contribution in [0.4, 0.5) is 0 Å². The third-order valence-electron chi connectivity index (χ3n) is 4.09. The van der Waals surface area contributed by atoms with Crippen molar-refractivity contribution in [3.05, 3.63) is 29.8 Å². The van der Waals surface area contributed by atoms with E-state index in [9.17, 15) is 4.79 Å². The van der Waals surface area contributed by atoms with E-state index in [0.29, 0.717) is 24.5 Å². The van der Waals surface area contributed by atoms with Gasteiger partial charge >= 0.3 is 0 Å². The first kappa shape index (κ1) is 16.0. The van der Waals surface area contributed by atoms with Gasteiger partial charge in [0.05, 0.1) is 12.2 Å². The van der Waals surface area contributed by atoms with Crippen LogP contribution in [0.25, 0.3) is 0 Å². The van der Waals surface area contributed by atoms with E-state index < -0.39 is 5.60 Å². The lowest BCUT2D eigenvalue weighted by Crippen LogP contribution is -2.43. The molecule has 1 aromatic rings. The molecule has 0 spiro atoms. The van der Waals surface area contributed by atoms with E-state index in [-0.39, 0.29) is 5.78 Å². The van der Waals surface area contributed by atoms with Crippen molar-refractivity contribution in [1.29, 1.82) is 0 Å². The number of benzene rings is 1. The molecule has 0 unspecified atom stereocenters. The fourth-order valence-corrected chi connectivity index (χ4v) is 3.07. The lowest BCUT2D eigenvalue weighted by molar-refractivity contribution is -0.0412. The predicted molar refractivity (Wildman–Crippen MR) is 84.0 cm³/mol. The molecule has 0 radical (unpaired) electrons. The summed E-state index contributed by atoms with van der Waals surface area (Å²) < 4.78 is 11.7. The van der Waals surface area contributed by atoms with Crippen molar-refractivity contribution in [3.8, 4) is 5.75 Å². The first-order valence-electron chi connectivity index (χ1n) is 8.14. The van der Waals surface area contributed by atoms with Crippen molar-refractivity contribution < 1.29 is 14.3 Å². The number of hydrogen-bond donors (Lipinski definition) is 0. The molecule has 1 fully saturated rings. The van der Waals surface area contributed by atoms with Crippen LogP contribution in [-0.4, -0.2) is 24.6 Å². The fourth-order valence-electron chi connectivity index (χ4n) is 3.07. The number of rotatable bonds is 7. The highest BCUT2D eigenvalue weighted by atomic mass is 16.5. The maximum absolute atomic E-state index is 13.1.